The van der Waals surface area contributed by atoms with Gasteiger partial charge >= 0.3 is 0 Å². The Morgan fingerprint density at radius 2 is 1.64 bits per heavy atom. The lowest BCUT2D eigenvalue weighted by molar-refractivity contribution is 0.183. The van der Waals surface area contributed by atoms with Gasteiger partial charge in [-0.25, -0.2) is 0 Å². The number of benzene rings is 1. The molecule has 2 aliphatic rings. The van der Waals surface area contributed by atoms with E-state index in [1.54, 1.807) is 0 Å². The van der Waals surface area contributed by atoms with Gasteiger partial charge in [-0.3, -0.25) is 4.90 Å². The number of ether oxygens (including phenoxy) is 1. The van der Waals surface area contributed by atoms with E-state index in [1.807, 2.05) is 12.1 Å². The zero-order valence-corrected chi connectivity index (χ0v) is 15.4. The molecule has 2 heterocycles. The molecule has 4 heteroatoms. The lowest BCUT2D eigenvalue weighted by Gasteiger charge is -2.26. The van der Waals surface area contributed by atoms with E-state index in [1.165, 1.54) is 60.9 Å². The Hall–Kier alpha value is -0.320. The number of likely N-dealkylation sites (tertiary alicyclic amines) is 1. The maximum atomic E-state index is 5.72. The summed E-state index contributed by atoms with van der Waals surface area (Å²) in [7, 11) is 0. The molecule has 1 aromatic carbocycles. The summed E-state index contributed by atoms with van der Waals surface area (Å²) in [6.07, 6.45) is 5.53. The van der Waals surface area contributed by atoms with Gasteiger partial charge in [-0.2, -0.15) is 23.5 Å². The zero-order valence-electron chi connectivity index (χ0n) is 13.8. The Morgan fingerprint density at radius 1 is 0.955 bits per heavy atom. The van der Waals surface area contributed by atoms with Gasteiger partial charge in [-0.15, -0.1) is 0 Å². The number of thioether (sulfide) groups is 2. The molecule has 2 aliphatic heterocycles. The fourth-order valence-electron chi connectivity index (χ4n) is 2.55. The number of nitrogens with zero attached hydrogens (tertiary/aromatic N) is 1. The van der Waals surface area contributed by atoms with Crippen molar-refractivity contribution < 1.29 is 4.74 Å². The minimum Gasteiger partial charge on any atom is -0.492 e. The fourth-order valence-corrected chi connectivity index (χ4v) is 4.84. The van der Waals surface area contributed by atoms with Crippen LogP contribution in [0.4, 0.5) is 0 Å². The first-order valence-electron chi connectivity index (χ1n) is 8.42. The maximum absolute atomic E-state index is 5.72. The molecule has 0 aliphatic carbocycles. The molecule has 2 nitrogen and oxygen atoms in total. The molecule has 0 bridgehead atoms. The van der Waals surface area contributed by atoms with Crippen molar-refractivity contribution in [3.8, 4) is 5.75 Å². The Labute approximate surface area is 144 Å². The molecule has 0 atom stereocenters. The van der Waals surface area contributed by atoms with E-state index in [-0.39, 0.29) is 0 Å². The molecule has 0 aromatic heterocycles. The third kappa shape index (κ3) is 7.80. The van der Waals surface area contributed by atoms with Crippen molar-refractivity contribution in [2.24, 2.45) is 0 Å². The first kappa shape index (κ1) is 18.0. The molecule has 2 saturated heterocycles. The van der Waals surface area contributed by atoms with E-state index in [0.717, 1.165) is 18.9 Å². The Morgan fingerprint density at radius 3 is 2.18 bits per heavy atom. The Bertz CT molecular complexity index is 375. The average Bonchev–Trinajstić information content (AvgIpc) is 2.60. The van der Waals surface area contributed by atoms with Crippen molar-refractivity contribution >= 4 is 23.5 Å². The normalized spacial score (nSPS) is 19.1. The van der Waals surface area contributed by atoms with Gasteiger partial charge in [0, 0.05) is 11.6 Å². The molecule has 0 radical (unpaired) electrons. The second-order valence-corrected chi connectivity index (χ2v) is 8.43. The largest absolute Gasteiger partial charge is 0.492 e. The van der Waals surface area contributed by atoms with Crippen LogP contribution in [-0.2, 0) is 0 Å². The highest BCUT2D eigenvalue weighted by molar-refractivity contribution is 8.16. The minimum absolute atomic E-state index is 0.809. The van der Waals surface area contributed by atoms with Crippen molar-refractivity contribution in [1.82, 2.24) is 4.90 Å². The van der Waals surface area contributed by atoms with E-state index >= 15 is 0 Å². The average molecular weight is 340 g/mol. The van der Waals surface area contributed by atoms with Gasteiger partial charge in [-0.05, 0) is 62.9 Å². The van der Waals surface area contributed by atoms with Crippen LogP contribution < -0.4 is 4.74 Å². The van der Waals surface area contributed by atoms with Crippen molar-refractivity contribution in [2.45, 2.75) is 32.6 Å². The predicted octanol–water partition coefficient (Wildman–Crippen LogP) is 4.67. The third-order valence-corrected chi connectivity index (χ3v) is 6.38. The molecule has 0 amide bonds. The van der Waals surface area contributed by atoms with Crippen LogP contribution in [0.25, 0.3) is 0 Å². The molecular formula is C18H29NOS2. The smallest absolute Gasteiger partial charge is 0.119 e. The topological polar surface area (TPSA) is 12.5 Å². The number of hydrogen-bond acceptors (Lipinski definition) is 4. The monoisotopic (exact) mass is 339 g/mol. The van der Waals surface area contributed by atoms with Gasteiger partial charge in [0.25, 0.3) is 0 Å². The highest BCUT2D eigenvalue weighted by Crippen LogP contribution is 2.19. The van der Waals surface area contributed by atoms with Gasteiger partial charge in [0.15, 0.2) is 0 Å². The summed E-state index contributed by atoms with van der Waals surface area (Å²) in [5.41, 5.74) is 1.28. The highest BCUT2D eigenvalue weighted by atomic mass is 32.2. The number of hydrogen-bond donors (Lipinski definition) is 0. The number of rotatable bonds is 4. The summed E-state index contributed by atoms with van der Waals surface area (Å²) in [4.78, 5) is 2.50. The summed E-state index contributed by atoms with van der Waals surface area (Å²) in [6, 6.07) is 8.28. The molecule has 0 spiro atoms. The molecule has 124 valence electrons. The first-order valence-corrected chi connectivity index (χ1v) is 10.7. The van der Waals surface area contributed by atoms with Gasteiger partial charge in [0.2, 0.25) is 0 Å². The number of piperidine rings is 1. The first-order chi connectivity index (χ1) is 10.8. The van der Waals surface area contributed by atoms with Gasteiger partial charge in [0.1, 0.15) is 12.4 Å². The van der Waals surface area contributed by atoms with E-state index in [9.17, 15) is 0 Å². The van der Waals surface area contributed by atoms with Crippen molar-refractivity contribution in [1.29, 1.82) is 0 Å². The Balaban J connectivity index is 0.000000246. The van der Waals surface area contributed by atoms with E-state index in [4.69, 9.17) is 4.74 Å². The Kier molecular flexibility index (Phi) is 9.22. The second kappa shape index (κ2) is 11.3. The molecule has 3 rings (SSSR count). The van der Waals surface area contributed by atoms with Gasteiger partial charge in [0.05, 0.1) is 0 Å². The van der Waals surface area contributed by atoms with Crippen LogP contribution in [-0.4, -0.2) is 47.7 Å². The summed E-state index contributed by atoms with van der Waals surface area (Å²) >= 11 is 4.12. The van der Waals surface area contributed by atoms with E-state index in [0.29, 0.717) is 0 Å². The molecule has 1 aromatic rings. The van der Waals surface area contributed by atoms with Crippen molar-refractivity contribution in [3.05, 3.63) is 29.8 Å². The molecule has 0 N–H and O–H groups in total. The third-order valence-electron chi connectivity index (χ3n) is 3.89. The zero-order chi connectivity index (χ0) is 15.5. The maximum Gasteiger partial charge on any atom is 0.119 e. The van der Waals surface area contributed by atoms with Crippen LogP contribution in [0.3, 0.4) is 0 Å². The molecule has 22 heavy (non-hydrogen) atoms. The van der Waals surface area contributed by atoms with E-state index < -0.39 is 0 Å². The highest BCUT2D eigenvalue weighted by Gasteiger charge is 2.09. The summed E-state index contributed by atoms with van der Waals surface area (Å²) < 4.78 is 5.72. The predicted molar refractivity (Wildman–Crippen MR) is 101 cm³/mol. The summed E-state index contributed by atoms with van der Waals surface area (Å²) in [6.45, 7) is 6.46. The fraction of sp³-hybridized carbons (Fsp3) is 0.667. The molecular weight excluding hydrogens is 310 g/mol. The quantitative estimate of drug-likeness (QED) is 0.789. The molecule has 0 unspecified atom stereocenters. The van der Waals surface area contributed by atoms with Crippen LogP contribution in [0.15, 0.2) is 24.3 Å². The lowest BCUT2D eigenvalue weighted by Crippen LogP contribution is -2.33. The van der Waals surface area contributed by atoms with Crippen LogP contribution in [0.2, 0.25) is 0 Å². The summed E-state index contributed by atoms with van der Waals surface area (Å²) in [5, 5.41) is 1.33. The minimum atomic E-state index is 0.809. The van der Waals surface area contributed by atoms with Gasteiger partial charge in [-0.1, -0.05) is 24.1 Å². The lowest BCUT2D eigenvalue weighted by atomic mass is 10.1. The van der Waals surface area contributed by atoms with E-state index in [2.05, 4.69) is 47.5 Å². The second-order valence-electron chi connectivity index (χ2n) is 5.85. The van der Waals surface area contributed by atoms with Crippen LogP contribution in [0, 0.1) is 6.92 Å². The van der Waals surface area contributed by atoms with Crippen molar-refractivity contribution in [2.75, 3.05) is 42.8 Å². The molecule has 2 fully saturated rings. The summed E-state index contributed by atoms with van der Waals surface area (Å²) in [5.74, 6) is 3.78. The van der Waals surface area contributed by atoms with Gasteiger partial charge < -0.3 is 4.74 Å². The van der Waals surface area contributed by atoms with Crippen LogP contribution in [0.1, 0.15) is 31.2 Å². The SMILES string of the molecule is C1CSCSC1.Cc1ccc(OCCN2CCCCC2)cc1. The van der Waals surface area contributed by atoms with Crippen molar-refractivity contribution in [3.63, 3.8) is 0 Å². The standard InChI is InChI=1S/C14H21NO.C4H8S2/c1-13-5-7-14(8-6-13)16-12-11-15-9-3-2-4-10-15;1-2-5-4-6-3-1/h5-8H,2-4,9-12H2,1H3;1-4H2. The van der Waals surface area contributed by atoms with Crippen LogP contribution >= 0.6 is 23.5 Å². The number of aryl methyl sites for hydroxylation is 1. The molecule has 0 saturated carbocycles. The van der Waals surface area contributed by atoms with Crippen LogP contribution in [0.5, 0.6) is 5.75 Å².